The van der Waals surface area contributed by atoms with E-state index in [4.69, 9.17) is 18.9 Å². The number of carboxylic acids is 1. The van der Waals surface area contributed by atoms with Gasteiger partial charge in [-0.2, -0.15) is 0 Å². The Labute approximate surface area is 479 Å². The SMILES string of the molecule is CCCCCCCCCCCCCCCCCCCCCCCCCCCCCC(=O)OC(COC(=O)CCCCCCCCCCCCCCCCCCCCCCCCCCC)COC(OCC[N+](C)(C)C)C(=O)[O-]. The number of carbonyl (C=O) groups excluding carboxylic acids is 3. The Kier molecular flexibility index (Phi) is 59.0. The van der Waals surface area contributed by atoms with E-state index in [2.05, 4.69) is 13.8 Å². The Morgan fingerprint density at radius 1 is 0.338 bits per heavy atom. The fourth-order valence-corrected chi connectivity index (χ4v) is 10.6. The Hall–Kier alpha value is -1.71. The zero-order chi connectivity index (χ0) is 56.2. The van der Waals surface area contributed by atoms with Crippen LogP contribution in [0.15, 0.2) is 0 Å². The fraction of sp³-hybridized carbons (Fsp3) is 0.956. The normalized spacial score (nSPS) is 12.6. The molecule has 0 aliphatic heterocycles. The van der Waals surface area contributed by atoms with Crippen LogP contribution in [0.4, 0.5) is 0 Å². The fourth-order valence-electron chi connectivity index (χ4n) is 10.6. The molecule has 2 unspecified atom stereocenters. The van der Waals surface area contributed by atoms with Crippen LogP contribution in [-0.2, 0) is 33.3 Å². The van der Waals surface area contributed by atoms with Crippen LogP contribution in [0.2, 0.25) is 0 Å². The summed E-state index contributed by atoms with van der Waals surface area (Å²) in [6.07, 6.45) is 67.6. The Morgan fingerprint density at radius 3 is 0.831 bits per heavy atom. The lowest BCUT2D eigenvalue weighted by Crippen LogP contribution is -2.44. The first-order chi connectivity index (χ1) is 37.6. The summed E-state index contributed by atoms with van der Waals surface area (Å²) in [7, 11) is 5.95. The number of esters is 2. The summed E-state index contributed by atoms with van der Waals surface area (Å²) in [6.45, 7) is 4.84. The van der Waals surface area contributed by atoms with Gasteiger partial charge in [0.2, 0.25) is 0 Å². The van der Waals surface area contributed by atoms with E-state index in [1.165, 1.54) is 295 Å². The molecule has 9 heteroatoms. The summed E-state index contributed by atoms with van der Waals surface area (Å²) in [5.41, 5.74) is 0. The molecule has 458 valence electrons. The number of hydrogen-bond donors (Lipinski definition) is 0. The minimum absolute atomic E-state index is 0.154. The van der Waals surface area contributed by atoms with Crippen molar-refractivity contribution in [3.05, 3.63) is 0 Å². The highest BCUT2D eigenvalue weighted by molar-refractivity contribution is 5.70. The minimum Gasteiger partial charge on any atom is -0.545 e. The molecule has 0 rings (SSSR count). The third kappa shape index (κ3) is 61.8. The number of unbranched alkanes of at least 4 members (excludes halogenated alkanes) is 50. The van der Waals surface area contributed by atoms with Crippen molar-refractivity contribution < 1.29 is 42.9 Å². The van der Waals surface area contributed by atoms with Gasteiger partial charge in [0.15, 0.2) is 12.4 Å². The Morgan fingerprint density at radius 2 is 0.584 bits per heavy atom. The first kappa shape index (κ1) is 75.3. The van der Waals surface area contributed by atoms with Crippen molar-refractivity contribution in [2.45, 2.75) is 373 Å². The number of quaternary nitrogens is 1. The quantitative estimate of drug-likeness (QED) is 0.0256. The highest BCUT2D eigenvalue weighted by Gasteiger charge is 2.22. The van der Waals surface area contributed by atoms with E-state index in [1.807, 2.05) is 21.1 Å². The van der Waals surface area contributed by atoms with Crippen LogP contribution >= 0.6 is 0 Å². The molecule has 0 aromatic rings. The van der Waals surface area contributed by atoms with Crippen LogP contribution < -0.4 is 5.11 Å². The maximum absolute atomic E-state index is 12.9. The van der Waals surface area contributed by atoms with E-state index in [9.17, 15) is 19.5 Å². The highest BCUT2D eigenvalue weighted by atomic mass is 16.7. The number of nitrogens with zero attached hydrogens (tertiary/aromatic N) is 1. The lowest BCUT2D eigenvalue weighted by molar-refractivity contribution is -0.870. The van der Waals surface area contributed by atoms with Crippen molar-refractivity contribution >= 4 is 17.9 Å². The van der Waals surface area contributed by atoms with Gasteiger partial charge in [0.25, 0.3) is 0 Å². The van der Waals surface area contributed by atoms with Crippen LogP contribution in [0.5, 0.6) is 0 Å². The molecule has 0 spiro atoms. The first-order valence-electron chi connectivity index (χ1n) is 34.2. The molecule has 0 aromatic carbocycles. The average molecular weight is 1090 g/mol. The molecule has 0 amide bonds. The average Bonchev–Trinajstić information content (AvgIpc) is 3.40. The third-order valence-corrected chi connectivity index (χ3v) is 15.9. The van der Waals surface area contributed by atoms with Crippen molar-refractivity contribution in [2.75, 3.05) is 47.5 Å². The van der Waals surface area contributed by atoms with Gasteiger partial charge in [-0.05, 0) is 12.8 Å². The van der Waals surface area contributed by atoms with Crippen LogP contribution in [-0.4, -0.2) is 82.3 Å². The molecule has 0 saturated heterocycles. The van der Waals surface area contributed by atoms with Gasteiger partial charge in [0, 0.05) is 12.8 Å². The smallest absolute Gasteiger partial charge is 0.306 e. The maximum Gasteiger partial charge on any atom is 0.306 e. The number of aliphatic carboxylic acids is 1. The maximum atomic E-state index is 12.9. The molecule has 0 aromatic heterocycles. The van der Waals surface area contributed by atoms with Crippen molar-refractivity contribution in [3.8, 4) is 0 Å². The summed E-state index contributed by atoms with van der Waals surface area (Å²) < 4.78 is 22.8. The minimum atomic E-state index is -1.62. The number of ether oxygens (including phenoxy) is 4. The predicted molar refractivity (Wildman–Crippen MR) is 325 cm³/mol. The molecule has 77 heavy (non-hydrogen) atoms. The van der Waals surface area contributed by atoms with E-state index in [-0.39, 0.29) is 32.2 Å². The largest absolute Gasteiger partial charge is 0.545 e. The van der Waals surface area contributed by atoms with E-state index in [0.717, 1.165) is 38.5 Å². The number of likely N-dealkylation sites (N-methyl/N-ethyl adjacent to an activating group) is 1. The number of rotatable bonds is 65. The lowest BCUT2D eigenvalue weighted by atomic mass is 10.0. The first-order valence-corrected chi connectivity index (χ1v) is 34.2. The van der Waals surface area contributed by atoms with E-state index >= 15 is 0 Å². The van der Waals surface area contributed by atoms with Crippen LogP contribution in [0.25, 0.3) is 0 Å². The third-order valence-electron chi connectivity index (χ3n) is 15.9. The standard InChI is InChI=1S/C68H133NO8/c1-6-8-10-12-14-16-18-20-22-24-26-28-30-32-33-35-37-39-41-43-45-47-49-51-53-55-57-59-66(71)77-64(63-76-68(67(72)73)74-61-60-69(3,4)5)62-75-65(70)58-56-54-52-50-48-46-44-42-40-38-36-34-31-29-27-25-23-21-19-17-15-13-11-9-7-2/h64,68H,6-63H2,1-5H3. The van der Waals surface area contributed by atoms with Gasteiger partial charge in [-0.3, -0.25) is 9.59 Å². The summed E-state index contributed by atoms with van der Waals surface area (Å²) >= 11 is 0. The van der Waals surface area contributed by atoms with Gasteiger partial charge in [-0.1, -0.05) is 335 Å². The van der Waals surface area contributed by atoms with E-state index in [1.54, 1.807) is 0 Å². The zero-order valence-electron chi connectivity index (χ0n) is 52.4. The lowest BCUT2D eigenvalue weighted by Gasteiger charge is -2.26. The number of hydrogen-bond acceptors (Lipinski definition) is 8. The van der Waals surface area contributed by atoms with Crippen molar-refractivity contribution in [2.24, 2.45) is 0 Å². The molecular weight excluding hydrogens is 959 g/mol. The monoisotopic (exact) mass is 1090 g/mol. The molecule has 2 atom stereocenters. The topological polar surface area (TPSA) is 111 Å². The molecule has 0 aliphatic carbocycles. The molecule has 0 fully saturated rings. The molecule has 0 aliphatic rings. The summed E-state index contributed by atoms with van der Waals surface area (Å²) in [4.78, 5) is 37.4. The van der Waals surface area contributed by atoms with E-state index in [0.29, 0.717) is 17.4 Å². The molecule has 0 N–H and O–H groups in total. The van der Waals surface area contributed by atoms with Crippen molar-refractivity contribution in [3.63, 3.8) is 0 Å². The highest BCUT2D eigenvalue weighted by Crippen LogP contribution is 2.19. The second kappa shape index (κ2) is 60.4. The molecule has 0 heterocycles. The van der Waals surface area contributed by atoms with Crippen LogP contribution in [0.1, 0.15) is 361 Å². The Bertz CT molecular complexity index is 1220. The van der Waals surface area contributed by atoms with Gasteiger partial charge in [-0.15, -0.1) is 0 Å². The number of carboxylic acid groups (broad SMARTS) is 1. The number of carbonyl (C=O) groups is 3. The van der Waals surface area contributed by atoms with E-state index < -0.39 is 24.3 Å². The molecule has 9 nitrogen and oxygen atoms in total. The second-order valence-corrected chi connectivity index (χ2v) is 24.8. The van der Waals surface area contributed by atoms with Crippen LogP contribution in [0.3, 0.4) is 0 Å². The second-order valence-electron chi connectivity index (χ2n) is 24.8. The molecular formula is C68H133NO8. The molecule has 0 radical (unpaired) electrons. The summed E-state index contributed by atoms with van der Waals surface area (Å²) in [5, 5.41) is 11.8. The molecule has 0 saturated carbocycles. The summed E-state index contributed by atoms with van der Waals surface area (Å²) in [6, 6.07) is 0. The summed E-state index contributed by atoms with van der Waals surface area (Å²) in [5.74, 6) is -2.24. The van der Waals surface area contributed by atoms with Gasteiger partial charge in [0.05, 0.1) is 40.3 Å². The van der Waals surface area contributed by atoms with Gasteiger partial charge >= 0.3 is 11.9 Å². The Balaban J connectivity index is 4.07. The zero-order valence-corrected chi connectivity index (χ0v) is 52.4. The van der Waals surface area contributed by atoms with Gasteiger partial charge in [-0.25, -0.2) is 0 Å². The van der Waals surface area contributed by atoms with Gasteiger partial charge in [0.1, 0.15) is 13.2 Å². The van der Waals surface area contributed by atoms with Crippen molar-refractivity contribution in [1.29, 1.82) is 0 Å². The van der Waals surface area contributed by atoms with Crippen molar-refractivity contribution in [1.82, 2.24) is 0 Å². The molecule has 0 bridgehead atoms. The predicted octanol–water partition coefficient (Wildman–Crippen LogP) is 19.4. The van der Waals surface area contributed by atoms with Crippen LogP contribution in [0, 0.1) is 0 Å². The van der Waals surface area contributed by atoms with Gasteiger partial charge < -0.3 is 33.3 Å².